The molecule has 0 atom stereocenters. The van der Waals surface area contributed by atoms with Gasteiger partial charge in [-0.15, -0.1) is 11.3 Å². The van der Waals surface area contributed by atoms with Gasteiger partial charge in [-0.25, -0.2) is 9.78 Å². The zero-order chi connectivity index (χ0) is 20.2. The zero-order valence-corrected chi connectivity index (χ0v) is 16.4. The summed E-state index contributed by atoms with van der Waals surface area (Å²) in [5.41, 5.74) is 3.90. The van der Waals surface area contributed by atoms with Crippen LogP contribution in [0.15, 0.2) is 66.9 Å². The summed E-state index contributed by atoms with van der Waals surface area (Å²) in [6.07, 6.45) is 2.94. The van der Waals surface area contributed by atoms with E-state index in [1.807, 2.05) is 36.4 Å². The van der Waals surface area contributed by atoms with Crippen molar-refractivity contribution in [1.29, 1.82) is 0 Å². The van der Waals surface area contributed by atoms with E-state index in [0.29, 0.717) is 12.8 Å². The largest absolute Gasteiger partial charge is 0.478 e. The minimum Gasteiger partial charge on any atom is -0.478 e. The summed E-state index contributed by atoms with van der Waals surface area (Å²) >= 11 is 1.53. The fraction of sp³-hybridized carbons (Fsp3) is 0.130. The molecular formula is C23H18N2O3S. The summed E-state index contributed by atoms with van der Waals surface area (Å²) in [7, 11) is 0. The van der Waals surface area contributed by atoms with Gasteiger partial charge in [-0.2, -0.15) is 0 Å². The van der Waals surface area contributed by atoms with Gasteiger partial charge in [0.05, 0.1) is 27.9 Å². The molecule has 0 unspecified atom stereocenters. The molecule has 0 spiro atoms. The van der Waals surface area contributed by atoms with E-state index in [4.69, 9.17) is 5.11 Å². The van der Waals surface area contributed by atoms with Gasteiger partial charge in [0.25, 0.3) is 0 Å². The Morgan fingerprint density at radius 3 is 2.69 bits per heavy atom. The van der Waals surface area contributed by atoms with Crippen molar-refractivity contribution in [3.8, 4) is 11.3 Å². The average Bonchev–Trinajstić information content (AvgIpc) is 3.14. The molecule has 0 saturated heterocycles. The highest BCUT2D eigenvalue weighted by Crippen LogP contribution is 2.28. The van der Waals surface area contributed by atoms with E-state index in [1.165, 1.54) is 11.3 Å². The summed E-state index contributed by atoms with van der Waals surface area (Å²) in [5.74, 6) is -0.868. The van der Waals surface area contributed by atoms with Crippen molar-refractivity contribution in [2.75, 3.05) is 0 Å². The predicted octanol–water partition coefficient (Wildman–Crippen LogP) is 4.80. The van der Waals surface area contributed by atoms with Crippen molar-refractivity contribution in [2.24, 2.45) is 0 Å². The third-order valence-corrected chi connectivity index (χ3v) is 5.63. The van der Waals surface area contributed by atoms with E-state index in [2.05, 4.69) is 16.0 Å². The van der Waals surface area contributed by atoms with Crippen LogP contribution < -0.4 is 0 Å². The highest BCUT2D eigenvalue weighted by atomic mass is 32.1. The number of thiazole rings is 1. The van der Waals surface area contributed by atoms with Crippen molar-refractivity contribution in [2.45, 2.75) is 19.3 Å². The van der Waals surface area contributed by atoms with Gasteiger partial charge in [0.2, 0.25) is 0 Å². The highest BCUT2D eigenvalue weighted by molar-refractivity contribution is 7.18. The summed E-state index contributed by atoms with van der Waals surface area (Å²) in [6, 6.07) is 18.5. The maximum absolute atomic E-state index is 12.4. The van der Waals surface area contributed by atoms with E-state index in [1.54, 1.807) is 24.4 Å². The summed E-state index contributed by atoms with van der Waals surface area (Å²) < 4.78 is 1.03. The number of Topliss-reactive ketones (excluding diaryl/α,β-unsaturated/α-hetero) is 1. The third-order valence-electron chi connectivity index (χ3n) is 4.61. The van der Waals surface area contributed by atoms with Gasteiger partial charge in [-0.05, 0) is 48.4 Å². The number of nitrogens with zero attached hydrogens (tertiary/aromatic N) is 2. The van der Waals surface area contributed by atoms with E-state index in [-0.39, 0.29) is 17.8 Å². The molecule has 6 heteroatoms. The maximum atomic E-state index is 12.4. The number of carbonyl (C=O) groups excluding carboxylic acids is 1. The van der Waals surface area contributed by atoms with Gasteiger partial charge < -0.3 is 5.11 Å². The highest BCUT2D eigenvalue weighted by Gasteiger charge is 2.11. The molecule has 2 aromatic heterocycles. The topological polar surface area (TPSA) is 80.2 Å². The number of carboxylic acids is 1. The van der Waals surface area contributed by atoms with Crippen LogP contribution in [0.1, 0.15) is 27.3 Å². The van der Waals surface area contributed by atoms with Crippen LogP contribution in [0.3, 0.4) is 0 Å². The molecule has 2 heterocycles. The SMILES string of the molecule is O=C(CCc1cccc(C(=O)O)c1)Cc1nc2ccc(-c3ccccn3)cc2s1. The van der Waals surface area contributed by atoms with Crippen LogP contribution in [-0.2, 0) is 17.6 Å². The smallest absolute Gasteiger partial charge is 0.335 e. The number of carbonyl (C=O) groups is 2. The van der Waals surface area contributed by atoms with Gasteiger partial charge in [0.1, 0.15) is 10.8 Å². The number of hydrogen-bond acceptors (Lipinski definition) is 5. The molecule has 2 aromatic carbocycles. The van der Waals surface area contributed by atoms with Crippen LogP contribution in [0.5, 0.6) is 0 Å². The number of hydrogen-bond donors (Lipinski definition) is 1. The normalized spacial score (nSPS) is 10.9. The lowest BCUT2D eigenvalue weighted by molar-refractivity contribution is -0.118. The molecule has 144 valence electrons. The Bertz CT molecular complexity index is 1190. The fourth-order valence-electron chi connectivity index (χ4n) is 3.14. The van der Waals surface area contributed by atoms with E-state index in [0.717, 1.165) is 32.0 Å². The number of rotatable bonds is 7. The van der Waals surface area contributed by atoms with E-state index in [9.17, 15) is 9.59 Å². The number of benzene rings is 2. The van der Waals surface area contributed by atoms with Crippen LogP contribution in [0.4, 0.5) is 0 Å². The van der Waals surface area contributed by atoms with Crippen LogP contribution in [-0.4, -0.2) is 26.8 Å². The van der Waals surface area contributed by atoms with Crippen molar-refractivity contribution >= 4 is 33.3 Å². The Kier molecular flexibility index (Phi) is 5.44. The van der Waals surface area contributed by atoms with Crippen molar-refractivity contribution in [3.63, 3.8) is 0 Å². The molecule has 0 fully saturated rings. The van der Waals surface area contributed by atoms with Crippen LogP contribution in [0, 0.1) is 0 Å². The number of aromatic carboxylic acids is 1. The Hall–Kier alpha value is -3.38. The first kappa shape index (κ1) is 19.0. The second kappa shape index (κ2) is 8.32. The summed E-state index contributed by atoms with van der Waals surface area (Å²) in [6.45, 7) is 0. The first-order valence-corrected chi connectivity index (χ1v) is 10.0. The Morgan fingerprint density at radius 2 is 1.90 bits per heavy atom. The average molecular weight is 402 g/mol. The first-order valence-electron chi connectivity index (χ1n) is 9.23. The van der Waals surface area contributed by atoms with Crippen molar-refractivity contribution in [3.05, 3.63) is 83.0 Å². The van der Waals surface area contributed by atoms with Gasteiger partial charge in [0.15, 0.2) is 0 Å². The van der Waals surface area contributed by atoms with Crippen molar-refractivity contribution in [1.82, 2.24) is 9.97 Å². The molecule has 0 radical (unpaired) electrons. The summed E-state index contributed by atoms with van der Waals surface area (Å²) in [4.78, 5) is 32.4. The quantitative estimate of drug-likeness (QED) is 0.480. The molecule has 0 aliphatic heterocycles. The molecule has 4 rings (SSSR count). The van der Waals surface area contributed by atoms with E-state index < -0.39 is 5.97 Å². The van der Waals surface area contributed by atoms with Gasteiger partial charge in [-0.1, -0.05) is 24.3 Å². The molecule has 29 heavy (non-hydrogen) atoms. The minimum absolute atomic E-state index is 0.0923. The van der Waals surface area contributed by atoms with Crippen LogP contribution >= 0.6 is 11.3 Å². The van der Waals surface area contributed by atoms with Gasteiger partial charge >= 0.3 is 5.97 Å². The molecular weight excluding hydrogens is 384 g/mol. The molecule has 5 nitrogen and oxygen atoms in total. The molecule has 0 aliphatic carbocycles. The number of carboxylic acid groups (broad SMARTS) is 1. The lowest BCUT2D eigenvalue weighted by Gasteiger charge is -2.02. The second-order valence-electron chi connectivity index (χ2n) is 6.73. The van der Waals surface area contributed by atoms with Crippen LogP contribution in [0.25, 0.3) is 21.5 Å². The number of pyridine rings is 1. The maximum Gasteiger partial charge on any atom is 0.335 e. The minimum atomic E-state index is -0.960. The molecule has 0 amide bonds. The number of ketones is 1. The summed E-state index contributed by atoms with van der Waals surface area (Å²) in [5, 5.41) is 9.86. The molecule has 0 aliphatic rings. The number of fused-ring (bicyclic) bond motifs is 1. The first-order chi connectivity index (χ1) is 14.1. The Labute approximate surface area is 171 Å². The molecule has 1 N–H and O–H groups in total. The lowest BCUT2D eigenvalue weighted by atomic mass is 10.0. The zero-order valence-electron chi connectivity index (χ0n) is 15.5. The Morgan fingerprint density at radius 1 is 1.00 bits per heavy atom. The number of aromatic nitrogens is 2. The van der Waals surface area contributed by atoms with E-state index >= 15 is 0 Å². The Balaban J connectivity index is 1.43. The molecule has 4 aromatic rings. The third kappa shape index (κ3) is 4.55. The number of aryl methyl sites for hydroxylation is 1. The molecule has 0 bridgehead atoms. The lowest BCUT2D eigenvalue weighted by Crippen LogP contribution is -2.05. The fourth-order valence-corrected chi connectivity index (χ4v) is 4.18. The van der Waals surface area contributed by atoms with Gasteiger partial charge in [0, 0.05) is 18.2 Å². The standard InChI is InChI=1S/C23H18N2O3S/c26-18(9-7-15-4-3-5-17(12-15)23(27)28)14-22-25-20-10-8-16(13-21(20)29-22)19-6-1-2-11-24-19/h1-6,8,10-13H,7,9,14H2,(H,27,28). The van der Waals surface area contributed by atoms with Gasteiger partial charge in [-0.3, -0.25) is 9.78 Å². The second-order valence-corrected chi connectivity index (χ2v) is 7.84. The molecule has 0 saturated carbocycles. The monoisotopic (exact) mass is 402 g/mol. The van der Waals surface area contributed by atoms with Crippen molar-refractivity contribution < 1.29 is 14.7 Å². The predicted molar refractivity (Wildman–Crippen MR) is 113 cm³/mol. The van der Waals surface area contributed by atoms with Crippen LogP contribution in [0.2, 0.25) is 0 Å².